The Balaban J connectivity index is 0. The largest absolute Gasteiger partial charge is 0.481 e. The van der Waals surface area contributed by atoms with Crippen molar-refractivity contribution in [1.29, 1.82) is 0 Å². The minimum Gasteiger partial charge on any atom is -0.481 e. The lowest BCUT2D eigenvalue weighted by atomic mass is 10.0. The number of carboxylic acid groups (broad SMARTS) is 1. The van der Waals surface area contributed by atoms with E-state index < -0.39 is 5.97 Å². The predicted octanol–water partition coefficient (Wildman–Crippen LogP) is 15.0. The molecule has 0 aromatic rings. The number of hydrogen-bond donors (Lipinski definition) is 1. The average molecular weight is 677 g/mol. The van der Waals surface area contributed by atoms with Gasteiger partial charge >= 0.3 is 11.9 Å². The van der Waals surface area contributed by atoms with E-state index in [4.69, 9.17) is 9.84 Å². The second kappa shape index (κ2) is 43.4. The van der Waals surface area contributed by atoms with Crippen LogP contribution in [0, 0.1) is 0 Å². The molecule has 1 atom stereocenters. The summed E-state index contributed by atoms with van der Waals surface area (Å²) in [6.07, 6.45) is 49.1. The first-order valence-corrected chi connectivity index (χ1v) is 21.2. The molecule has 0 radical (unpaired) electrons. The summed E-state index contributed by atoms with van der Waals surface area (Å²) >= 11 is 0. The topological polar surface area (TPSA) is 63.6 Å². The number of ether oxygens (including phenoxy) is 1. The number of carbonyl (C=O) groups is 2. The highest BCUT2D eigenvalue weighted by molar-refractivity contribution is 5.69. The van der Waals surface area contributed by atoms with Crippen LogP contribution in [0.2, 0.25) is 0 Å². The molecule has 0 saturated carbocycles. The molecule has 0 aliphatic carbocycles. The molecule has 0 spiro atoms. The van der Waals surface area contributed by atoms with Crippen molar-refractivity contribution >= 4 is 11.9 Å². The monoisotopic (exact) mass is 677 g/mol. The molecule has 1 unspecified atom stereocenters. The van der Waals surface area contributed by atoms with Gasteiger partial charge in [-0.15, -0.1) is 0 Å². The molecule has 0 aliphatic heterocycles. The van der Waals surface area contributed by atoms with Crippen LogP contribution in [-0.2, 0) is 14.3 Å². The van der Waals surface area contributed by atoms with Gasteiger partial charge in [0.1, 0.15) is 6.10 Å². The SMILES string of the molecule is CCCCC/C=C\C/C=C\CCCCCCCC(=O)OC(CC)CCCCC.CCCCCCCCCCCCCCCCCC(=O)O. The standard InChI is InChI=1S/C26H48O2.C18H36O2/c1-4-7-9-10-11-12-13-14-15-16-17-18-19-20-22-24-26(27)28-25(6-3)23-21-8-5-2;1-2-3-4-5-6-7-8-9-10-11-12-13-14-15-16-17-18(19)20/h11-12,14-15,25H,4-10,13,16-24H2,1-3H3;2-17H2,1H3,(H,19,20)/b12-11-,15-14-;. The summed E-state index contributed by atoms with van der Waals surface area (Å²) in [7, 11) is 0. The number of rotatable bonds is 36. The second-order valence-corrected chi connectivity index (χ2v) is 14.1. The van der Waals surface area contributed by atoms with E-state index in [1.165, 1.54) is 154 Å². The molecule has 1 N–H and O–H groups in total. The van der Waals surface area contributed by atoms with E-state index in [1.54, 1.807) is 0 Å². The van der Waals surface area contributed by atoms with Crippen molar-refractivity contribution in [2.75, 3.05) is 0 Å². The third-order valence-corrected chi connectivity index (χ3v) is 9.21. The summed E-state index contributed by atoms with van der Waals surface area (Å²) < 4.78 is 5.61. The molecule has 4 nitrogen and oxygen atoms in total. The van der Waals surface area contributed by atoms with Crippen LogP contribution in [0.25, 0.3) is 0 Å². The van der Waals surface area contributed by atoms with Crippen molar-refractivity contribution in [3.05, 3.63) is 24.3 Å². The number of unbranched alkanes of at least 4 members (excludes halogenated alkanes) is 24. The number of hydrogen-bond acceptors (Lipinski definition) is 3. The van der Waals surface area contributed by atoms with Crippen molar-refractivity contribution < 1.29 is 19.4 Å². The predicted molar refractivity (Wildman–Crippen MR) is 211 cm³/mol. The summed E-state index contributed by atoms with van der Waals surface area (Å²) in [5, 5.41) is 8.52. The molecule has 0 aliphatic rings. The van der Waals surface area contributed by atoms with Gasteiger partial charge in [-0.25, -0.2) is 0 Å². The highest BCUT2D eigenvalue weighted by Crippen LogP contribution is 2.15. The summed E-state index contributed by atoms with van der Waals surface area (Å²) in [6, 6.07) is 0. The highest BCUT2D eigenvalue weighted by atomic mass is 16.5. The number of carbonyl (C=O) groups excluding carboxylic acids is 1. The number of aliphatic carboxylic acids is 1. The van der Waals surface area contributed by atoms with Gasteiger partial charge < -0.3 is 9.84 Å². The van der Waals surface area contributed by atoms with E-state index in [1.807, 2.05) is 0 Å². The van der Waals surface area contributed by atoms with Crippen LogP contribution in [-0.4, -0.2) is 23.1 Å². The van der Waals surface area contributed by atoms with Crippen LogP contribution >= 0.6 is 0 Å². The zero-order valence-electron chi connectivity index (χ0n) is 32.9. The smallest absolute Gasteiger partial charge is 0.306 e. The van der Waals surface area contributed by atoms with E-state index in [9.17, 15) is 9.59 Å². The first-order valence-electron chi connectivity index (χ1n) is 21.2. The van der Waals surface area contributed by atoms with Gasteiger partial charge in [-0.3, -0.25) is 9.59 Å². The van der Waals surface area contributed by atoms with Crippen molar-refractivity contribution in [2.24, 2.45) is 0 Å². The van der Waals surface area contributed by atoms with E-state index >= 15 is 0 Å². The second-order valence-electron chi connectivity index (χ2n) is 14.1. The fourth-order valence-corrected chi connectivity index (χ4v) is 5.94. The Hall–Kier alpha value is -1.58. The Morgan fingerprint density at radius 3 is 1.31 bits per heavy atom. The Morgan fingerprint density at radius 1 is 0.479 bits per heavy atom. The van der Waals surface area contributed by atoms with Gasteiger partial charge in [-0.1, -0.05) is 187 Å². The van der Waals surface area contributed by atoms with Gasteiger partial charge in [-0.2, -0.15) is 0 Å². The third kappa shape index (κ3) is 44.4. The van der Waals surface area contributed by atoms with Crippen molar-refractivity contribution in [1.82, 2.24) is 0 Å². The molecule has 48 heavy (non-hydrogen) atoms. The summed E-state index contributed by atoms with van der Waals surface area (Å²) in [6.45, 7) is 8.84. The van der Waals surface area contributed by atoms with Crippen molar-refractivity contribution in [3.8, 4) is 0 Å². The minimum atomic E-state index is -0.653. The number of carboxylic acids is 1. The third-order valence-electron chi connectivity index (χ3n) is 9.21. The minimum absolute atomic E-state index is 0.00836. The Labute approximate surface area is 300 Å². The molecule has 0 saturated heterocycles. The maximum absolute atomic E-state index is 11.9. The Bertz CT molecular complexity index is 698. The molecule has 0 amide bonds. The first kappa shape index (κ1) is 48.5. The average Bonchev–Trinajstić information content (AvgIpc) is 3.08. The zero-order valence-corrected chi connectivity index (χ0v) is 32.9. The van der Waals surface area contributed by atoms with E-state index in [0.29, 0.717) is 12.8 Å². The number of esters is 1. The molecular weight excluding hydrogens is 592 g/mol. The van der Waals surface area contributed by atoms with Crippen LogP contribution in [0.15, 0.2) is 24.3 Å². The van der Waals surface area contributed by atoms with Gasteiger partial charge in [0.15, 0.2) is 0 Å². The molecule has 0 heterocycles. The number of allylic oxidation sites excluding steroid dienone is 4. The van der Waals surface area contributed by atoms with Gasteiger partial charge in [0.05, 0.1) is 0 Å². The van der Waals surface area contributed by atoms with Crippen molar-refractivity contribution in [2.45, 2.75) is 246 Å². The van der Waals surface area contributed by atoms with Crippen LogP contribution in [0.5, 0.6) is 0 Å². The molecule has 0 fully saturated rings. The normalized spacial score (nSPS) is 12.0. The molecule has 0 aromatic carbocycles. The highest BCUT2D eigenvalue weighted by Gasteiger charge is 2.11. The fraction of sp³-hybridized carbons (Fsp3) is 0.864. The lowest BCUT2D eigenvalue weighted by Gasteiger charge is -2.16. The Morgan fingerprint density at radius 2 is 0.854 bits per heavy atom. The molecule has 4 heteroatoms. The molecule has 0 bridgehead atoms. The maximum Gasteiger partial charge on any atom is 0.306 e. The lowest BCUT2D eigenvalue weighted by molar-refractivity contribution is -0.149. The van der Waals surface area contributed by atoms with Crippen LogP contribution in [0.4, 0.5) is 0 Å². The lowest BCUT2D eigenvalue weighted by Crippen LogP contribution is -2.17. The summed E-state index contributed by atoms with van der Waals surface area (Å²) in [5.74, 6) is -0.645. The van der Waals surface area contributed by atoms with Gasteiger partial charge in [0, 0.05) is 12.8 Å². The molecule has 0 aromatic heterocycles. The van der Waals surface area contributed by atoms with E-state index in [2.05, 4.69) is 52.0 Å². The van der Waals surface area contributed by atoms with Gasteiger partial charge in [-0.05, 0) is 64.2 Å². The van der Waals surface area contributed by atoms with Crippen LogP contribution < -0.4 is 0 Å². The molecule has 0 rings (SSSR count). The van der Waals surface area contributed by atoms with Gasteiger partial charge in [0.25, 0.3) is 0 Å². The summed E-state index contributed by atoms with van der Waals surface area (Å²) in [5.41, 5.74) is 0. The van der Waals surface area contributed by atoms with Gasteiger partial charge in [0.2, 0.25) is 0 Å². The first-order chi connectivity index (χ1) is 23.5. The molecular formula is C44H84O4. The maximum atomic E-state index is 11.9. The molecule has 284 valence electrons. The quantitative estimate of drug-likeness (QED) is 0.0407. The fourth-order valence-electron chi connectivity index (χ4n) is 5.94. The van der Waals surface area contributed by atoms with E-state index in [-0.39, 0.29) is 12.1 Å². The van der Waals surface area contributed by atoms with E-state index in [0.717, 1.165) is 44.9 Å². The Kier molecular flexibility index (Phi) is 43.9. The van der Waals surface area contributed by atoms with Crippen molar-refractivity contribution in [3.63, 3.8) is 0 Å². The zero-order chi connectivity index (χ0) is 35.6. The summed E-state index contributed by atoms with van der Waals surface area (Å²) in [4.78, 5) is 22.3. The van der Waals surface area contributed by atoms with Crippen LogP contribution in [0.1, 0.15) is 240 Å². The van der Waals surface area contributed by atoms with Crippen LogP contribution in [0.3, 0.4) is 0 Å².